The van der Waals surface area contributed by atoms with Crippen LogP contribution in [0.2, 0.25) is 0 Å². The number of carbonyl (C=O) groups is 2. The van der Waals surface area contributed by atoms with Crippen LogP contribution in [-0.4, -0.2) is 63.8 Å². The summed E-state index contributed by atoms with van der Waals surface area (Å²) in [6, 6.07) is 10.8. The summed E-state index contributed by atoms with van der Waals surface area (Å²) >= 11 is 0. The summed E-state index contributed by atoms with van der Waals surface area (Å²) in [5.74, 6) is -3.54. The van der Waals surface area contributed by atoms with Gasteiger partial charge in [-0.25, -0.2) is 9.59 Å². The van der Waals surface area contributed by atoms with Crippen molar-refractivity contribution in [3.63, 3.8) is 0 Å². The highest BCUT2D eigenvalue weighted by Gasteiger charge is 2.29. The van der Waals surface area contributed by atoms with Gasteiger partial charge in [-0.3, -0.25) is 0 Å². The fourth-order valence-electron chi connectivity index (χ4n) is 2.02. The van der Waals surface area contributed by atoms with Gasteiger partial charge in [0.1, 0.15) is 0 Å². The van der Waals surface area contributed by atoms with Crippen LogP contribution in [0.15, 0.2) is 30.3 Å². The van der Waals surface area contributed by atoms with Crippen molar-refractivity contribution in [3.05, 3.63) is 35.9 Å². The highest BCUT2D eigenvalue weighted by molar-refractivity contribution is 5.83. The normalized spacial score (nSPS) is 23.1. The lowest BCUT2D eigenvalue weighted by Gasteiger charge is -2.30. The van der Waals surface area contributed by atoms with Crippen LogP contribution in [0.4, 0.5) is 0 Å². The van der Waals surface area contributed by atoms with Crippen LogP contribution in [-0.2, 0) is 14.3 Å². The van der Waals surface area contributed by atoms with Crippen LogP contribution < -0.4 is 5.32 Å². The summed E-state index contributed by atoms with van der Waals surface area (Å²) in [6.45, 7) is 3.94. The molecule has 1 aromatic carbocycles. The van der Waals surface area contributed by atoms with Crippen molar-refractivity contribution >= 4 is 11.9 Å². The van der Waals surface area contributed by atoms with E-state index >= 15 is 0 Å². The van der Waals surface area contributed by atoms with Gasteiger partial charge < -0.3 is 30.5 Å². The summed E-state index contributed by atoms with van der Waals surface area (Å²) in [7, 11) is 0. The predicted molar refractivity (Wildman–Crippen MR) is 79.9 cm³/mol. The molecule has 8 heteroatoms. The molecule has 128 valence electrons. The highest BCUT2D eigenvalue weighted by atomic mass is 16.5. The molecule has 0 spiro atoms. The third-order valence-electron chi connectivity index (χ3n) is 3.25. The molecule has 5 N–H and O–H groups in total. The van der Waals surface area contributed by atoms with Gasteiger partial charge in [-0.05, 0) is 12.5 Å². The summed E-state index contributed by atoms with van der Waals surface area (Å²) in [6.07, 6.45) is -4.31. The van der Waals surface area contributed by atoms with Gasteiger partial charge in [0, 0.05) is 12.6 Å². The standard InChI is InChI=1S/C11H15NO.C4H6O6/c1-9-11(13-8-7-12-9)10-5-3-2-4-6-10;5-1(3(7)8)2(6)4(9)10/h2-6,9,11-12H,7-8H2,1H3;1-2,5-6H,(H,7,8)(H,9,10). The van der Waals surface area contributed by atoms with Gasteiger partial charge in [-0.2, -0.15) is 0 Å². The van der Waals surface area contributed by atoms with Crippen LogP contribution in [0.25, 0.3) is 0 Å². The number of rotatable bonds is 4. The topological polar surface area (TPSA) is 136 Å². The second kappa shape index (κ2) is 9.21. The Morgan fingerprint density at radius 2 is 1.65 bits per heavy atom. The van der Waals surface area contributed by atoms with E-state index in [0.717, 1.165) is 13.2 Å². The molecule has 1 heterocycles. The van der Waals surface area contributed by atoms with E-state index in [0.29, 0.717) is 6.04 Å². The number of aliphatic hydroxyl groups is 2. The maximum atomic E-state index is 9.77. The zero-order valence-electron chi connectivity index (χ0n) is 12.6. The Balaban J connectivity index is 0.000000241. The molecular weight excluding hydrogens is 306 g/mol. The molecule has 0 aromatic heterocycles. The Morgan fingerprint density at radius 3 is 2.09 bits per heavy atom. The first-order valence-corrected chi connectivity index (χ1v) is 7.06. The first-order valence-electron chi connectivity index (χ1n) is 7.06. The Hall–Kier alpha value is -2.00. The summed E-state index contributed by atoms with van der Waals surface area (Å²) in [5.41, 5.74) is 1.27. The molecule has 0 radical (unpaired) electrons. The molecule has 1 aliphatic rings. The maximum absolute atomic E-state index is 9.77. The zero-order chi connectivity index (χ0) is 17.4. The molecule has 1 saturated heterocycles. The molecule has 0 bridgehead atoms. The molecule has 0 saturated carbocycles. The van der Waals surface area contributed by atoms with Crippen LogP contribution in [0, 0.1) is 0 Å². The number of nitrogens with one attached hydrogen (secondary N) is 1. The van der Waals surface area contributed by atoms with Gasteiger partial charge in [0.2, 0.25) is 0 Å². The molecule has 1 aromatic rings. The predicted octanol–water partition coefficient (Wildman–Crippen LogP) is -0.387. The first-order chi connectivity index (χ1) is 10.8. The largest absolute Gasteiger partial charge is 0.479 e. The van der Waals surface area contributed by atoms with Crippen molar-refractivity contribution in [2.45, 2.75) is 31.3 Å². The number of carboxylic acid groups (broad SMARTS) is 2. The van der Waals surface area contributed by atoms with Crippen LogP contribution in [0.1, 0.15) is 18.6 Å². The van der Waals surface area contributed by atoms with Crippen molar-refractivity contribution in [2.75, 3.05) is 13.2 Å². The van der Waals surface area contributed by atoms with Crippen molar-refractivity contribution in [2.24, 2.45) is 0 Å². The Labute approximate surface area is 133 Å². The molecule has 0 amide bonds. The molecule has 8 nitrogen and oxygen atoms in total. The molecular formula is C15H21NO7. The molecule has 2 rings (SSSR count). The minimum atomic E-state index is -2.27. The number of aliphatic hydroxyl groups excluding tert-OH is 2. The van der Waals surface area contributed by atoms with Crippen LogP contribution >= 0.6 is 0 Å². The van der Waals surface area contributed by atoms with Crippen LogP contribution in [0.5, 0.6) is 0 Å². The lowest BCUT2D eigenvalue weighted by atomic mass is 10.0. The second-order valence-electron chi connectivity index (χ2n) is 5.01. The zero-order valence-corrected chi connectivity index (χ0v) is 12.6. The molecule has 23 heavy (non-hydrogen) atoms. The van der Waals surface area contributed by atoms with E-state index in [2.05, 4.69) is 36.5 Å². The fourth-order valence-corrected chi connectivity index (χ4v) is 2.02. The summed E-state index contributed by atoms with van der Waals surface area (Å²) < 4.78 is 5.71. The summed E-state index contributed by atoms with van der Waals surface area (Å²) in [5, 5.41) is 35.9. The third kappa shape index (κ3) is 5.95. The molecule has 4 atom stereocenters. The third-order valence-corrected chi connectivity index (χ3v) is 3.25. The van der Waals surface area contributed by atoms with E-state index in [9.17, 15) is 9.59 Å². The highest BCUT2D eigenvalue weighted by Crippen LogP contribution is 2.22. The minimum Gasteiger partial charge on any atom is -0.479 e. The van der Waals surface area contributed by atoms with Crippen molar-refractivity contribution in [1.82, 2.24) is 5.32 Å². The number of benzene rings is 1. The SMILES string of the molecule is CC1NCCOC1c1ccccc1.O=C(O)C(O)C(O)C(=O)O. The quantitative estimate of drug-likeness (QED) is 0.504. The number of ether oxygens (including phenoxy) is 1. The first kappa shape index (κ1) is 19.0. The smallest absolute Gasteiger partial charge is 0.335 e. The van der Waals surface area contributed by atoms with Gasteiger partial charge in [0.05, 0.1) is 12.7 Å². The van der Waals surface area contributed by atoms with E-state index < -0.39 is 24.1 Å². The second-order valence-corrected chi connectivity index (χ2v) is 5.01. The lowest BCUT2D eigenvalue weighted by molar-refractivity contribution is -0.165. The molecule has 4 unspecified atom stereocenters. The Bertz CT molecular complexity index is 490. The molecule has 0 aliphatic carbocycles. The van der Waals surface area contributed by atoms with E-state index in [-0.39, 0.29) is 6.10 Å². The van der Waals surface area contributed by atoms with Crippen molar-refractivity contribution < 1.29 is 34.8 Å². The average molecular weight is 327 g/mol. The number of morpholine rings is 1. The van der Waals surface area contributed by atoms with E-state index in [4.69, 9.17) is 25.2 Å². The number of hydrogen-bond acceptors (Lipinski definition) is 6. The van der Waals surface area contributed by atoms with Gasteiger partial charge in [-0.15, -0.1) is 0 Å². The minimum absolute atomic E-state index is 0.218. The van der Waals surface area contributed by atoms with Crippen molar-refractivity contribution in [3.8, 4) is 0 Å². The lowest BCUT2D eigenvalue weighted by Crippen LogP contribution is -2.41. The molecule has 1 aliphatic heterocycles. The van der Waals surface area contributed by atoms with Gasteiger partial charge in [-0.1, -0.05) is 30.3 Å². The summed E-state index contributed by atoms with van der Waals surface area (Å²) in [4.78, 5) is 19.5. The number of aliphatic carboxylic acids is 2. The van der Waals surface area contributed by atoms with Crippen LogP contribution in [0.3, 0.4) is 0 Å². The monoisotopic (exact) mass is 327 g/mol. The van der Waals surface area contributed by atoms with Crippen molar-refractivity contribution in [1.29, 1.82) is 0 Å². The number of hydrogen-bond donors (Lipinski definition) is 5. The van der Waals surface area contributed by atoms with Gasteiger partial charge in [0.25, 0.3) is 0 Å². The fraction of sp³-hybridized carbons (Fsp3) is 0.467. The van der Waals surface area contributed by atoms with E-state index in [1.54, 1.807) is 0 Å². The number of carboxylic acids is 2. The average Bonchev–Trinajstić information content (AvgIpc) is 2.55. The van der Waals surface area contributed by atoms with E-state index in [1.165, 1.54) is 5.56 Å². The Kier molecular flexibility index (Phi) is 7.63. The van der Waals surface area contributed by atoms with Gasteiger partial charge in [0.15, 0.2) is 12.2 Å². The van der Waals surface area contributed by atoms with Gasteiger partial charge >= 0.3 is 11.9 Å². The molecule has 1 fully saturated rings. The Morgan fingerprint density at radius 1 is 1.13 bits per heavy atom. The maximum Gasteiger partial charge on any atom is 0.335 e. The van der Waals surface area contributed by atoms with E-state index in [1.807, 2.05) is 6.07 Å².